The number of piperidine rings is 1. The quantitative estimate of drug-likeness (QED) is 0.553. The van der Waals surface area contributed by atoms with Crippen molar-refractivity contribution in [3.63, 3.8) is 0 Å². The van der Waals surface area contributed by atoms with Crippen LogP contribution >= 0.6 is 0 Å². The summed E-state index contributed by atoms with van der Waals surface area (Å²) >= 11 is 0. The standard InChI is InChI=1S/C26H25FN6O2/c1-32-10-3-2-4-25(32)33-11-9-23(20(27)15-33)35-22-8-7-18(12-19(22)14-28)21-13-24(30-16-29-21)31-26(34)17-5-6-17/h2-4,7-8,10,12-13,16-17,20,23H,5-6,9,11,15H2,1H3/p+1/t20-,23+/m1/s1. The van der Waals surface area contributed by atoms with Crippen molar-refractivity contribution in [3.8, 4) is 23.1 Å². The molecule has 1 N–H and O–H groups in total. The summed E-state index contributed by atoms with van der Waals surface area (Å²) in [5.41, 5.74) is 1.55. The minimum Gasteiger partial charge on any atom is -0.486 e. The lowest BCUT2D eigenvalue weighted by molar-refractivity contribution is -0.659. The van der Waals surface area contributed by atoms with Crippen molar-refractivity contribution < 1.29 is 18.5 Å². The highest BCUT2D eigenvalue weighted by atomic mass is 19.1. The van der Waals surface area contributed by atoms with E-state index in [-0.39, 0.29) is 18.4 Å². The lowest BCUT2D eigenvalue weighted by atomic mass is 10.0. The van der Waals surface area contributed by atoms with E-state index in [2.05, 4.69) is 21.4 Å². The van der Waals surface area contributed by atoms with Crippen molar-refractivity contribution in [2.24, 2.45) is 13.0 Å². The zero-order chi connectivity index (χ0) is 24.4. The summed E-state index contributed by atoms with van der Waals surface area (Å²) in [5, 5.41) is 12.5. The van der Waals surface area contributed by atoms with E-state index in [0.29, 0.717) is 41.4 Å². The van der Waals surface area contributed by atoms with Gasteiger partial charge in [-0.2, -0.15) is 5.26 Å². The summed E-state index contributed by atoms with van der Waals surface area (Å²) in [6.07, 6.45) is 3.78. The fourth-order valence-corrected chi connectivity index (χ4v) is 4.27. The smallest absolute Gasteiger partial charge is 0.276 e. The molecular weight excluding hydrogens is 447 g/mol. The number of nitrogens with zero attached hydrogens (tertiary/aromatic N) is 5. The monoisotopic (exact) mass is 473 g/mol. The molecule has 1 aliphatic heterocycles. The number of carbonyl (C=O) groups excluding carboxylic acids is 1. The number of rotatable bonds is 6. The first-order valence-corrected chi connectivity index (χ1v) is 11.7. The van der Waals surface area contributed by atoms with E-state index in [9.17, 15) is 10.1 Å². The molecule has 178 valence electrons. The van der Waals surface area contributed by atoms with Gasteiger partial charge in [0.05, 0.1) is 31.0 Å². The van der Waals surface area contributed by atoms with Crippen molar-refractivity contribution >= 4 is 17.5 Å². The van der Waals surface area contributed by atoms with Gasteiger partial charge in [-0.25, -0.2) is 18.9 Å². The third-order valence-electron chi connectivity index (χ3n) is 6.37. The highest BCUT2D eigenvalue weighted by Gasteiger charge is 2.36. The average molecular weight is 474 g/mol. The van der Waals surface area contributed by atoms with Crippen molar-refractivity contribution in [2.45, 2.75) is 31.5 Å². The molecule has 1 aliphatic carbocycles. The molecule has 3 aromatic rings. The molecule has 9 heteroatoms. The van der Waals surface area contributed by atoms with Gasteiger partial charge in [-0.3, -0.25) is 9.69 Å². The Labute approximate surface area is 203 Å². The molecule has 2 fully saturated rings. The Hall–Kier alpha value is -4.06. The molecule has 1 saturated carbocycles. The number of alkyl halides is 1. The molecular formula is C26H26FN6O2+. The number of nitriles is 1. The normalized spacial score (nSPS) is 19.6. The van der Waals surface area contributed by atoms with Gasteiger partial charge in [0, 0.05) is 30.0 Å². The number of aryl methyl sites for hydroxylation is 1. The van der Waals surface area contributed by atoms with E-state index in [1.807, 2.05) is 40.9 Å². The first-order chi connectivity index (χ1) is 17.0. The van der Waals surface area contributed by atoms with E-state index in [0.717, 1.165) is 18.7 Å². The van der Waals surface area contributed by atoms with Crippen molar-refractivity contribution in [1.82, 2.24) is 9.97 Å². The topological polar surface area (TPSA) is 95.0 Å². The fraction of sp³-hybridized carbons (Fsp3) is 0.346. The van der Waals surface area contributed by atoms with Gasteiger partial charge in [0.25, 0.3) is 5.82 Å². The van der Waals surface area contributed by atoms with E-state index in [4.69, 9.17) is 4.74 Å². The number of pyridine rings is 1. The maximum atomic E-state index is 15.1. The second kappa shape index (κ2) is 9.66. The number of ether oxygens (including phenoxy) is 1. The van der Waals surface area contributed by atoms with Gasteiger partial charge >= 0.3 is 0 Å². The number of halogens is 1. The van der Waals surface area contributed by atoms with Gasteiger partial charge in [-0.05, 0) is 37.1 Å². The zero-order valence-electron chi connectivity index (χ0n) is 19.4. The molecule has 35 heavy (non-hydrogen) atoms. The second-order valence-corrected chi connectivity index (χ2v) is 8.95. The zero-order valence-corrected chi connectivity index (χ0v) is 19.4. The number of aromatic nitrogens is 3. The molecule has 1 aromatic carbocycles. The lowest BCUT2D eigenvalue weighted by Gasteiger charge is -2.31. The molecule has 8 nitrogen and oxygen atoms in total. The van der Waals surface area contributed by atoms with Crippen LogP contribution in [-0.2, 0) is 11.8 Å². The van der Waals surface area contributed by atoms with Crippen LogP contribution in [0.5, 0.6) is 5.75 Å². The van der Waals surface area contributed by atoms with Crippen molar-refractivity contribution in [3.05, 3.63) is 60.6 Å². The van der Waals surface area contributed by atoms with E-state index in [1.54, 1.807) is 24.3 Å². The minimum atomic E-state index is -1.20. The van der Waals surface area contributed by atoms with Crippen LogP contribution < -0.4 is 19.5 Å². The van der Waals surface area contributed by atoms with Gasteiger partial charge in [-0.1, -0.05) is 6.07 Å². The molecule has 2 aromatic heterocycles. The van der Waals surface area contributed by atoms with Gasteiger partial charge in [0.2, 0.25) is 5.91 Å². The molecule has 3 heterocycles. The predicted molar refractivity (Wildman–Crippen MR) is 127 cm³/mol. The van der Waals surface area contributed by atoms with Crippen molar-refractivity contribution in [2.75, 3.05) is 23.3 Å². The van der Waals surface area contributed by atoms with Crippen LogP contribution in [0.25, 0.3) is 11.3 Å². The molecule has 1 amide bonds. The number of benzene rings is 1. The summed E-state index contributed by atoms with van der Waals surface area (Å²) in [4.78, 5) is 22.4. The predicted octanol–water partition coefficient (Wildman–Crippen LogP) is 3.18. The molecule has 5 rings (SSSR count). The number of carbonyl (C=O) groups is 1. The number of amides is 1. The first-order valence-electron chi connectivity index (χ1n) is 11.7. The van der Waals surface area contributed by atoms with Crippen LogP contribution in [-0.4, -0.2) is 41.2 Å². The second-order valence-electron chi connectivity index (χ2n) is 8.95. The van der Waals surface area contributed by atoms with Crippen LogP contribution in [0.2, 0.25) is 0 Å². The molecule has 0 bridgehead atoms. The van der Waals surface area contributed by atoms with Crippen LogP contribution in [0.4, 0.5) is 16.0 Å². The Bertz CT molecular complexity index is 1290. The molecule has 1 saturated heterocycles. The number of nitrogens with one attached hydrogen (secondary N) is 1. The Morgan fingerprint density at radius 3 is 2.83 bits per heavy atom. The fourth-order valence-electron chi connectivity index (χ4n) is 4.27. The van der Waals surface area contributed by atoms with Crippen LogP contribution in [0.3, 0.4) is 0 Å². The Morgan fingerprint density at radius 1 is 1.23 bits per heavy atom. The Balaban J connectivity index is 1.28. The molecule has 0 radical (unpaired) electrons. The molecule has 2 atom stereocenters. The summed E-state index contributed by atoms with van der Waals surface area (Å²) in [5.74, 6) is 1.75. The lowest BCUT2D eigenvalue weighted by Crippen LogP contribution is -2.50. The highest BCUT2D eigenvalue weighted by Crippen LogP contribution is 2.31. The summed E-state index contributed by atoms with van der Waals surface area (Å²) in [6.45, 7) is 0.873. The van der Waals surface area contributed by atoms with Crippen LogP contribution in [0.15, 0.2) is 55.0 Å². The van der Waals surface area contributed by atoms with Gasteiger partial charge in [0.15, 0.2) is 6.17 Å². The number of hydrogen-bond donors (Lipinski definition) is 1. The number of hydrogen-bond acceptors (Lipinski definition) is 6. The third-order valence-corrected chi connectivity index (χ3v) is 6.37. The van der Waals surface area contributed by atoms with E-state index in [1.165, 1.54) is 6.33 Å². The van der Waals surface area contributed by atoms with E-state index < -0.39 is 12.3 Å². The van der Waals surface area contributed by atoms with Gasteiger partial charge in [-0.15, -0.1) is 0 Å². The van der Waals surface area contributed by atoms with E-state index >= 15 is 4.39 Å². The number of anilines is 2. The van der Waals surface area contributed by atoms with Crippen LogP contribution in [0, 0.1) is 17.2 Å². The molecule has 0 unspecified atom stereocenters. The van der Waals surface area contributed by atoms with Gasteiger partial charge < -0.3 is 10.1 Å². The molecule has 2 aliphatic rings. The highest BCUT2D eigenvalue weighted by molar-refractivity contribution is 5.93. The maximum absolute atomic E-state index is 15.1. The molecule has 0 spiro atoms. The Kier molecular flexibility index (Phi) is 6.27. The Morgan fingerprint density at radius 2 is 2.09 bits per heavy atom. The SMILES string of the molecule is C[n+]1ccccc1N1CC[C@H](Oc2ccc(-c3cc(NC(=O)C4CC4)ncn3)cc2C#N)[C@H](F)C1. The van der Waals surface area contributed by atoms with Crippen LogP contribution in [0.1, 0.15) is 24.8 Å². The van der Waals surface area contributed by atoms with Crippen molar-refractivity contribution in [1.29, 1.82) is 5.26 Å². The summed E-state index contributed by atoms with van der Waals surface area (Å²) < 4.78 is 23.0. The largest absolute Gasteiger partial charge is 0.486 e. The summed E-state index contributed by atoms with van der Waals surface area (Å²) in [6, 6.07) is 14.8. The third kappa shape index (κ3) is 5.06. The maximum Gasteiger partial charge on any atom is 0.276 e. The summed E-state index contributed by atoms with van der Waals surface area (Å²) in [7, 11) is 1.94. The minimum absolute atomic E-state index is 0.0380. The van der Waals surface area contributed by atoms with Gasteiger partial charge in [0.1, 0.15) is 36.6 Å². The first kappa shape index (κ1) is 22.7. The average Bonchev–Trinajstić information content (AvgIpc) is 3.72.